The lowest BCUT2D eigenvalue weighted by Gasteiger charge is -2.11. The molecule has 0 atom stereocenters. The average molecular weight is 304 g/mol. The van der Waals surface area contributed by atoms with Gasteiger partial charge in [-0.25, -0.2) is 9.78 Å². The molecule has 2 aromatic heterocycles. The molecule has 0 aliphatic rings. The number of nitrogens with zero attached hydrogens (tertiary/aromatic N) is 3. The van der Waals surface area contributed by atoms with E-state index in [1.165, 1.54) is 18.7 Å². The van der Waals surface area contributed by atoms with Gasteiger partial charge >= 0.3 is 5.69 Å². The summed E-state index contributed by atoms with van der Waals surface area (Å²) in [4.78, 5) is 41.0. The van der Waals surface area contributed by atoms with E-state index in [0.717, 1.165) is 17.4 Å². The molecule has 0 saturated carbocycles. The molecule has 0 aromatic carbocycles. The highest BCUT2D eigenvalue weighted by molar-refractivity contribution is 6.05. The predicted molar refractivity (Wildman–Crippen MR) is 84.2 cm³/mol. The van der Waals surface area contributed by atoms with E-state index < -0.39 is 11.2 Å². The van der Waals surface area contributed by atoms with E-state index in [4.69, 9.17) is 0 Å². The summed E-state index contributed by atoms with van der Waals surface area (Å²) in [5, 5.41) is 2.97. The average Bonchev–Trinajstić information content (AvgIpc) is 2.50. The van der Waals surface area contributed by atoms with Crippen LogP contribution in [0.4, 0.5) is 0 Å². The van der Waals surface area contributed by atoms with Crippen LogP contribution in [0.1, 0.15) is 35.8 Å². The van der Waals surface area contributed by atoms with Gasteiger partial charge in [0, 0.05) is 26.3 Å². The number of rotatable bonds is 4. The van der Waals surface area contributed by atoms with Crippen molar-refractivity contribution in [2.45, 2.75) is 26.7 Å². The van der Waals surface area contributed by atoms with Crippen LogP contribution in [-0.4, -0.2) is 26.6 Å². The SMILES string of the molecule is CCCCNC(=O)c1cc(C)nc2c1c(=O)n(C)c(=O)n2C. The summed E-state index contributed by atoms with van der Waals surface area (Å²) in [5.41, 5.74) is 0.0964. The second-order valence-electron chi connectivity index (χ2n) is 5.33. The Labute approximate surface area is 127 Å². The van der Waals surface area contributed by atoms with Crippen molar-refractivity contribution >= 4 is 16.9 Å². The Bertz CT molecular complexity index is 848. The van der Waals surface area contributed by atoms with E-state index in [9.17, 15) is 14.4 Å². The predicted octanol–water partition coefficient (Wildman–Crippen LogP) is 0.471. The quantitative estimate of drug-likeness (QED) is 0.832. The molecule has 0 unspecified atom stereocenters. The topological polar surface area (TPSA) is 86.0 Å². The van der Waals surface area contributed by atoms with E-state index in [2.05, 4.69) is 10.3 Å². The molecule has 118 valence electrons. The number of hydrogen-bond acceptors (Lipinski definition) is 4. The van der Waals surface area contributed by atoms with Crippen LogP contribution in [-0.2, 0) is 14.1 Å². The number of hydrogen-bond donors (Lipinski definition) is 1. The van der Waals surface area contributed by atoms with E-state index in [1.807, 2.05) is 6.92 Å². The molecule has 0 bridgehead atoms. The van der Waals surface area contributed by atoms with Crippen LogP contribution in [0.3, 0.4) is 0 Å². The molecule has 22 heavy (non-hydrogen) atoms. The number of aromatic nitrogens is 3. The molecule has 7 nitrogen and oxygen atoms in total. The third-order valence-corrected chi connectivity index (χ3v) is 3.60. The van der Waals surface area contributed by atoms with Crippen molar-refractivity contribution in [1.82, 2.24) is 19.4 Å². The van der Waals surface area contributed by atoms with Crippen molar-refractivity contribution in [1.29, 1.82) is 0 Å². The van der Waals surface area contributed by atoms with Gasteiger partial charge in [-0.2, -0.15) is 0 Å². The number of nitrogens with one attached hydrogen (secondary N) is 1. The molecule has 0 aliphatic heterocycles. The van der Waals surface area contributed by atoms with Crippen molar-refractivity contribution in [2.24, 2.45) is 14.1 Å². The first-order valence-electron chi connectivity index (χ1n) is 7.24. The lowest BCUT2D eigenvalue weighted by atomic mass is 10.1. The zero-order chi connectivity index (χ0) is 16.4. The first-order valence-corrected chi connectivity index (χ1v) is 7.24. The number of amides is 1. The summed E-state index contributed by atoms with van der Waals surface area (Å²) >= 11 is 0. The zero-order valence-corrected chi connectivity index (χ0v) is 13.3. The summed E-state index contributed by atoms with van der Waals surface area (Å²) in [5.74, 6) is -0.320. The van der Waals surface area contributed by atoms with Gasteiger partial charge in [0.1, 0.15) is 5.65 Å². The minimum atomic E-state index is -0.508. The molecule has 0 spiro atoms. The molecule has 2 aromatic rings. The van der Waals surface area contributed by atoms with Crippen LogP contribution < -0.4 is 16.6 Å². The third kappa shape index (κ3) is 2.66. The zero-order valence-electron chi connectivity index (χ0n) is 13.3. The number of fused-ring (bicyclic) bond motifs is 1. The lowest BCUT2D eigenvalue weighted by molar-refractivity contribution is 0.0954. The molecule has 1 amide bonds. The van der Waals surface area contributed by atoms with Crippen LogP contribution in [0, 0.1) is 6.92 Å². The first-order chi connectivity index (χ1) is 10.4. The second kappa shape index (κ2) is 6.13. The van der Waals surface area contributed by atoms with E-state index in [0.29, 0.717) is 12.2 Å². The maximum Gasteiger partial charge on any atom is 0.332 e. The van der Waals surface area contributed by atoms with Gasteiger partial charge in [0.2, 0.25) is 0 Å². The highest BCUT2D eigenvalue weighted by Crippen LogP contribution is 2.13. The fourth-order valence-electron chi connectivity index (χ4n) is 2.33. The minimum absolute atomic E-state index is 0.171. The molecular weight excluding hydrogens is 284 g/mol. The smallest absolute Gasteiger partial charge is 0.332 e. The lowest BCUT2D eigenvalue weighted by Crippen LogP contribution is -2.38. The van der Waals surface area contributed by atoms with Gasteiger partial charge in [-0.05, 0) is 19.4 Å². The van der Waals surface area contributed by atoms with Gasteiger partial charge in [0.05, 0.1) is 10.9 Å². The molecule has 0 radical (unpaired) electrons. The summed E-state index contributed by atoms with van der Waals surface area (Å²) in [6.07, 6.45) is 1.83. The van der Waals surface area contributed by atoms with Crippen molar-refractivity contribution in [3.63, 3.8) is 0 Å². The van der Waals surface area contributed by atoms with Gasteiger partial charge in [0.15, 0.2) is 0 Å². The Morgan fingerprint density at radius 2 is 1.95 bits per heavy atom. The Morgan fingerprint density at radius 3 is 2.59 bits per heavy atom. The summed E-state index contributed by atoms with van der Waals surface area (Å²) < 4.78 is 2.27. The second-order valence-corrected chi connectivity index (χ2v) is 5.33. The molecule has 0 aliphatic carbocycles. The molecule has 0 fully saturated rings. The van der Waals surface area contributed by atoms with Crippen LogP contribution in [0.5, 0.6) is 0 Å². The highest BCUT2D eigenvalue weighted by Gasteiger charge is 2.18. The summed E-state index contributed by atoms with van der Waals surface area (Å²) in [6, 6.07) is 1.58. The fourth-order valence-corrected chi connectivity index (χ4v) is 2.33. The molecule has 0 saturated heterocycles. The standard InChI is InChI=1S/C15H20N4O3/c1-5-6-7-16-13(20)10-8-9(2)17-12-11(10)14(21)19(4)15(22)18(12)3/h8H,5-7H2,1-4H3,(H,16,20). The fraction of sp³-hybridized carbons (Fsp3) is 0.467. The Balaban J connectivity index is 2.72. The highest BCUT2D eigenvalue weighted by atomic mass is 16.2. The van der Waals surface area contributed by atoms with Crippen LogP contribution in [0.15, 0.2) is 15.7 Å². The van der Waals surface area contributed by atoms with Gasteiger partial charge in [-0.3, -0.25) is 18.7 Å². The van der Waals surface area contributed by atoms with Crippen molar-refractivity contribution in [3.8, 4) is 0 Å². The summed E-state index contributed by atoms with van der Waals surface area (Å²) in [7, 11) is 2.93. The van der Waals surface area contributed by atoms with E-state index >= 15 is 0 Å². The number of carbonyl (C=O) groups excluding carboxylic acids is 1. The normalized spacial score (nSPS) is 10.9. The first kappa shape index (κ1) is 15.9. The van der Waals surface area contributed by atoms with Crippen molar-refractivity contribution in [2.75, 3.05) is 6.54 Å². The van der Waals surface area contributed by atoms with E-state index in [1.54, 1.807) is 13.0 Å². The maximum absolute atomic E-state index is 12.4. The van der Waals surface area contributed by atoms with E-state index in [-0.39, 0.29) is 22.5 Å². The number of unbranched alkanes of at least 4 members (excludes halogenated alkanes) is 1. The third-order valence-electron chi connectivity index (χ3n) is 3.60. The summed E-state index contributed by atoms with van der Waals surface area (Å²) in [6.45, 7) is 4.30. The Morgan fingerprint density at radius 1 is 1.27 bits per heavy atom. The van der Waals surface area contributed by atoms with Gasteiger partial charge in [-0.1, -0.05) is 13.3 Å². The Hall–Kier alpha value is -2.44. The van der Waals surface area contributed by atoms with Crippen LogP contribution >= 0.6 is 0 Å². The van der Waals surface area contributed by atoms with Crippen molar-refractivity contribution < 1.29 is 4.79 Å². The van der Waals surface area contributed by atoms with Gasteiger partial charge < -0.3 is 5.32 Å². The largest absolute Gasteiger partial charge is 0.352 e. The van der Waals surface area contributed by atoms with Gasteiger partial charge in [-0.15, -0.1) is 0 Å². The maximum atomic E-state index is 12.4. The van der Waals surface area contributed by atoms with Crippen LogP contribution in [0.25, 0.3) is 11.0 Å². The van der Waals surface area contributed by atoms with Crippen molar-refractivity contribution in [3.05, 3.63) is 38.2 Å². The Kier molecular flexibility index (Phi) is 4.44. The number of aryl methyl sites for hydroxylation is 2. The number of pyridine rings is 1. The molecular formula is C15H20N4O3. The monoisotopic (exact) mass is 304 g/mol. The number of carbonyl (C=O) groups is 1. The molecule has 2 rings (SSSR count). The van der Waals surface area contributed by atoms with Crippen LogP contribution in [0.2, 0.25) is 0 Å². The molecule has 1 N–H and O–H groups in total. The molecule has 7 heteroatoms. The molecule has 2 heterocycles. The van der Waals surface area contributed by atoms with Gasteiger partial charge in [0.25, 0.3) is 11.5 Å². The minimum Gasteiger partial charge on any atom is -0.352 e.